The van der Waals surface area contributed by atoms with Crippen molar-refractivity contribution in [3.05, 3.63) is 51.5 Å². The Labute approximate surface area is 173 Å². The molecule has 2 aromatic carbocycles. The molecule has 0 fully saturated rings. The number of fused-ring (bicyclic) bond motifs is 1. The smallest absolute Gasteiger partial charge is 0.230 e. The van der Waals surface area contributed by atoms with Crippen molar-refractivity contribution < 1.29 is 14.3 Å². The molecule has 0 spiro atoms. The highest BCUT2D eigenvalue weighted by Crippen LogP contribution is 2.33. The van der Waals surface area contributed by atoms with E-state index < -0.39 is 0 Å². The lowest BCUT2D eigenvalue weighted by molar-refractivity contribution is -0.118. The highest BCUT2D eigenvalue weighted by atomic mass is 79.9. The summed E-state index contributed by atoms with van der Waals surface area (Å²) in [5.41, 5.74) is 3.97. The fraction of sp³-hybridized carbons (Fsp3) is 0.381. The maximum absolute atomic E-state index is 12.2. The van der Waals surface area contributed by atoms with Crippen LogP contribution in [-0.2, 0) is 24.1 Å². The molecule has 1 N–H and O–H groups in total. The first-order valence-electron chi connectivity index (χ1n) is 9.02. The number of amides is 1. The number of rotatable bonds is 8. The first-order valence-corrected chi connectivity index (χ1v) is 10.8. The van der Waals surface area contributed by atoms with Gasteiger partial charge in [-0.25, -0.2) is 0 Å². The second kappa shape index (κ2) is 9.51. The molecular formula is C21H24BrNO3S. The lowest BCUT2D eigenvalue weighted by Crippen LogP contribution is -2.27. The molecule has 0 aliphatic heterocycles. The number of benzene rings is 2. The van der Waals surface area contributed by atoms with Gasteiger partial charge in [-0.3, -0.25) is 4.79 Å². The van der Waals surface area contributed by atoms with Crippen molar-refractivity contribution in [1.29, 1.82) is 0 Å². The third kappa shape index (κ3) is 5.20. The summed E-state index contributed by atoms with van der Waals surface area (Å²) in [6.07, 6.45) is 4.31. The fourth-order valence-corrected chi connectivity index (χ4v) is 4.57. The van der Waals surface area contributed by atoms with Crippen LogP contribution in [0.25, 0.3) is 0 Å². The number of aryl methyl sites for hydroxylation is 2. The fourth-order valence-electron chi connectivity index (χ4n) is 3.26. The highest BCUT2D eigenvalue weighted by molar-refractivity contribution is 9.10. The van der Waals surface area contributed by atoms with Crippen LogP contribution in [0.15, 0.2) is 39.7 Å². The van der Waals surface area contributed by atoms with Crippen LogP contribution in [0.3, 0.4) is 0 Å². The summed E-state index contributed by atoms with van der Waals surface area (Å²) < 4.78 is 11.6. The molecule has 0 heterocycles. The lowest BCUT2D eigenvalue weighted by atomic mass is 10.1. The van der Waals surface area contributed by atoms with Crippen molar-refractivity contribution in [2.24, 2.45) is 0 Å². The molecule has 0 unspecified atom stereocenters. The van der Waals surface area contributed by atoms with Crippen molar-refractivity contribution in [1.82, 2.24) is 5.32 Å². The number of hydrogen-bond donors (Lipinski definition) is 1. The van der Waals surface area contributed by atoms with Crippen LogP contribution in [0.5, 0.6) is 11.5 Å². The quantitative estimate of drug-likeness (QED) is 0.606. The molecule has 0 saturated carbocycles. The molecule has 0 atom stereocenters. The van der Waals surface area contributed by atoms with Crippen LogP contribution in [0.2, 0.25) is 0 Å². The number of nitrogens with one attached hydrogen (secondary N) is 1. The Morgan fingerprint density at radius 3 is 2.63 bits per heavy atom. The molecule has 0 aromatic heterocycles. The number of halogens is 1. The van der Waals surface area contributed by atoms with Gasteiger partial charge < -0.3 is 14.8 Å². The molecule has 27 heavy (non-hydrogen) atoms. The van der Waals surface area contributed by atoms with Gasteiger partial charge in [-0.15, -0.1) is 11.8 Å². The zero-order valence-corrected chi connectivity index (χ0v) is 18.0. The van der Waals surface area contributed by atoms with Gasteiger partial charge in [-0.1, -0.05) is 22.0 Å². The van der Waals surface area contributed by atoms with Crippen LogP contribution < -0.4 is 14.8 Å². The van der Waals surface area contributed by atoms with E-state index in [9.17, 15) is 4.79 Å². The van der Waals surface area contributed by atoms with E-state index in [1.165, 1.54) is 28.9 Å². The minimum atomic E-state index is 0.0529. The number of thioether (sulfide) groups is 1. The van der Waals surface area contributed by atoms with Gasteiger partial charge in [-0.05, 0) is 66.6 Å². The standard InChI is InChI=1S/C21H24BrNO3S/c1-25-19-11-16(18(22)12-20(19)26-2)8-9-23-21(24)13-27-17-7-6-14-4-3-5-15(14)10-17/h6-7,10-12H,3-5,8-9,13H2,1-2H3,(H,23,24). The molecule has 2 aromatic rings. The molecule has 1 amide bonds. The topological polar surface area (TPSA) is 47.6 Å². The summed E-state index contributed by atoms with van der Waals surface area (Å²) in [5, 5.41) is 2.99. The first kappa shape index (κ1) is 20.1. The minimum absolute atomic E-state index is 0.0529. The van der Waals surface area contributed by atoms with Crippen molar-refractivity contribution in [3.63, 3.8) is 0 Å². The zero-order chi connectivity index (χ0) is 19.2. The lowest BCUT2D eigenvalue weighted by Gasteiger charge is -2.12. The molecule has 1 aliphatic carbocycles. The number of carbonyl (C=O) groups excluding carboxylic acids is 1. The van der Waals surface area contributed by atoms with E-state index in [4.69, 9.17) is 9.47 Å². The molecule has 0 saturated heterocycles. The van der Waals surface area contributed by atoms with E-state index in [0.717, 1.165) is 22.9 Å². The minimum Gasteiger partial charge on any atom is -0.493 e. The van der Waals surface area contributed by atoms with E-state index >= 15 is 0 Å². The molecule has 4 nitrogen and oxygen atoms in total. The monoisotopic (exact) mass is 449 g/mol. The molecule has 0 radical (unpaired) electrons. The van der Waals surface area contributed by atoms with Gasteiger partial charge in [0.05, 0.1) is 20.0 Å². The number of methoxy groups -OCH3 is 2. The average molecular weight is 450 g/mol. The summed E-state index contributed by atoms with van der Waals surface area (Å²) in [6.45, 7) is 0.581. The molecule has 0 bridgehead atoms. The van der Waals surface area contributed by atoms with E-state index in [0.29, 0.717) is 23.8 Å². The van der Waals surface area contributed by atoms with Gasteiger partial charge in [0.1, 0.15) is 0 Å². The second-order valence-corrected chi connectivity index (χ2v) is 8.37. The van der Waals surface area contributed by atoms with Gasteiger partial charge in [-0.2, -0.15) is 0 Å². The second-order valence-electron chi connectivity index (χ2n) is 6.47. The predicted octanol–water partition coefficient (Wildman–Crippen LogP) is 4.41. The van der Waals surface area contributed by atoms with Crippen molar-refractivity contribution in [2.75, 3.05) is 26.5 Å². The molecule has 144 valence electrons. The molecule has 1 aliphatic rings. The Hall–Kier alpha value is -1.66. The van der Waals surface area contributed by atoms with Gasteiger partial charge in [0.25, 0.3) is 0 Å². The van der Waals surface area contributed by atoms with E-state index in [1.807, 2.05) is 12.1 Å². The maximum atomic E-state index is 12.2. The number of hydrogen-bond acceptors (Lipinski definition) is 4. The summed E-state index contributed by atoms with van der Waals surface area (Å²) >= 11 is 5.15. The van der Waals surface area contributed by atoms with Crippen molar-refractivity contribution in [3.8, 4) is 11.5 Å². The highest BCUT2D eigenvalue weighted by Gasteiger charge is 2.12. The van der Waals surface area contributed by atoms with E-state index in [-0.39, 0.29) is 5.91 Å². The number of carbonyl (C=O) groups is 1. The summed E-state index contributed by atoms with van der Waals surface area (Å²) in [4.78, 5) is 13.3. The third-order valence-corrected chi connectivity index (χ3v) is 6.44. The van der Waals surface area contributed by atoms with E-state index in [2.05, 4.69) is 39.4 Å². The van der Waals surface area contributed by atoms with Crippen molar-refractivity contribution in [2.45, 2.75) is 30.6 Å². The van der Waals surface area contributed by atoms with Gasteiger partial charge >= 0.3 is 0 Å². The van der Waals surface area contributed by atoms with E-state index in [1.54, 1.807) is 26.0 Å². The Bertz CT molecular complexity index is 825. The molecule has 6 heteroatoms. The molecular weight excluding hydrogens is 426 g/mol. The van der Waals surface area contributed by atoms with Crippen LogP contribution in [0, 0.1) is 0 Å². The summed E-state index contributed by atoms with van der Waals surface area (Å²) in [5.74, 6) is 1.86. The zero-order valence-electron chi connectivity index (χ0n) is 15.6. The van der Waals surface area contributed by atoms with Crippen molar-refractivity contribution >= 4 is 33.6 Å². The Morgan fingerprint density at radius 1 is 1.11 bits per heavy atom. The number of ether oxygens (including phenoxy) is 2. The van der Waals surface area contributed by atoms with Gasteiger partial charge in [0.2, 0.25) is 5.91 Å². The third-order valence-electron chi connectivity index (χ3n) is 4.71. The Balaban J connectivity index is 1.47. The first-order chi connectivity index (χ1) is 13.1. The average Bonchev–Trinajstić information content (AvgIpc) is 3.15. The normalized spacial score (nSPS) is 12.6. The predicted molar refractivity (Wildman–Crippen MR) is 113 cm³/mol. The summed E-state index contributed by atoms with van der Waals surface area (Å²) in [6, 6.07) is 10.4. The Kier molecular flexibility index (Phi) is 7.07. The SMILES string of the molecule is COc1cc(Br)c(CCNC(=O)CSc2ccc3c(c2)CCC3)cc1OC. The van der Waals surface area contributed by atoms with Gasteiger partial charge in [0.15, 0.2) is 11.5 Å². The summed E-state index contributed by atoms with van der Waals surface area (Å²) in [7, 11) is 3.23. The molecule has 3 rings (SSSR count). The van der Waals surface area contributed by atoms with Crippen LogP contribution in [-0.4, -0.2) is 32.4 Å². The van der Waals surface area contributed by atoms with Crippen LogP contribution in [0.4, 0.5) is 0 Å². The Morgan fingerprint density at radius 2 is 1.85 bits per heavy atom. The van der Waals surface area contributed by atoms with Gasteiger partial charge in [0, 0.05) is 15.9 Å². The maximum Gasteiger partial charge on any atom is 0.230 e. The van der Waals surface area contributed by atoms with Crippen LogP contribution in [0.1, 0.15) is 23.1 Å². The van der Waals surface area contributed by atoms with Crippen LogP contribution >= 0.6 is 27.7 Å². The largest absolute Gasteiger partial charge is 0.493 e.